The molecular weight excluding hydrogens is 246 g/mol. The van der Waals surface area contributed by atoms with Crippen LogP contribution in [-0.2, 0) is 4.74 Å². The largest absolute Gasteiger partial charge is 0.497 e. The van der Waals surface area contributed by atoms with E-state index >= 15 is 0 Å². The quantitative estimate of drug-likeness (QED) is 0.888. The summed E-state index contributed by atoms with van der Waals surface area (Å²) >= 11 is 0. The van der Waals surface area contributed by atoms with Gasteiger partial charge >= 0.3 is 6.09 Å². The highest BCUT2D eigenvalue weighted by molar-refractivity contribution is 5.68. The normalized spacial score (nSPS) is 23.0. The van der Waals surface area contributed by atoms with Crippen molar-refractivity contribution in [1.82, 2.24) is 4.90 Å². The van der Waals surface area contributed by atoms with Crippen LogP contribution in [0.5, 0.6) is 5.75 Å². The van der Waals surface area contributed by atoms with E-state index in [0.29, 0.717) is 13.0 Å². The van der Waals surface area contributed by atoms with E-state index < -0.39 is 12.2 Å². The van der Waals surface area contributed by atoms with E-state index in [0.717, 1.165) is 17.7 Å². The molecule has 0 spiro atoms. The van der Waals surface area contributed by atoms with Crippen LogP contribution in [0.1, 0.15) is 24.4 Å². The first kappa shape index (κ1) is 13.7. The number of aliphatic hydroxyl groups is 1. The van der Waals surface area contributed by atoms with Gasteiger partial charge in [0.15, 0.2) is 0 Å². The second kappa shape index (κ2) is 5.93. The van der Waals surface area contributed by atoms with E-state index in [4.69, 9.17) is 9.47 Å². The maximum atomic E-state index is 11.8. The number of hydrogen-bond donors (Lipinski definition) is 1. The van der Waals surface area contributed by atoms with E-state index in [1.165, 1.54) is 7.11 Å². The van der Waals surface area contributed by atoms with Crippen molar-refractivity contribution >= 4 is 6.09 Å². The Morgan fingerprint density at radius 2 is 2.00 bits per heavy atom. The molecule has 0 radical (unpaired) electrons. The van der Waals surface area contributed by atoms with Gasteiger partial charge in [0.1, 0.15) is 5.75 Å². The molecule has 5 heteroatoms. The molecule has 1 amide bonds. The predicted octanol–water partition coefficient (Wildman–Crippen LogP) is 1.96. The van der Waals surface area contributed by atoms with Gasteiger partial charge < -0.3 is 14.6 Å². The number of carbonyl (C=O) groups is 1. The lowest BCUT2D eigenvalue weighted by Crippen LogP contribution is -2.45. The van der Waals surface area contributed by atoms with Crippen molar-refractivity contribution in [3.63, 3.8) is 0 Å². The molecule has 2 rings (SSSR count). The Morgan fingerprint density at radius 1 is 1.32 bits per heavy atom. The summed E-state index contributed by atoms with van der Waals surface area (Å²) < 4.78 is 9.90. The molecule has 1 saturated heterocycles. The molecule has 1 aromatic carbocycles. The maximum absolute atomic E-state index is 11.8. The van der Waals surface area contributed by atoms with Gasteiger partial charge in [-0.25, -0.2) is 4.79 Å². The molecule has 1 heterocycles. The first-order valence-electron chi connectivity index (χ1n) is 6.34. The molecule has 1 aliphatic heterocycles. The first-order chi connectivity index (χ1) is 9.17. The molecule has 0 aliphatic carbocycles. The van der Waals surface area contributed by atoms with Crippen LogP contribution in [-0.4, -0.2) is 43.0 Å². The summed E-state index contributed by atoms with van der Waals surface area (Å²) in [6, 6.07) is 7.03. The Balaban J connectivity index is 2.27. The minimum absolute atomic E-state index is 0.355. The number of nitrogens with zero attached hydrogens (tertiary/aromatic N) is 1. The number of aliphatic hydroxyl groups excluding tert-OH is 1. The molecule has 0 saturated carbocycles. The average Bonchev–Trinajstić information content (AvgIpc) is 2.46. The summed E-state index contributed by atoms with van der Waals surface area (Å²) in [6.45, 7) is 0.598. The zero-order valence-electron chi connectivity index (χ0n) is 11.2. The van der Waals surface area contributed by atoms with Gasteiger partial charge in [-0.15, -0.1) is 0 Å². The van der Waals surface area contributed by atoms with Gasteiger partial charge in [0, 0.05) is 6.54 Å². The van der Waals surface area contributed by atoms with Crippen LogP contribution >= 0.6 is 0 Å². The average molecular weight is 265 g/mol. The SMILES string of the molecule is COC(=O)N1CCC[C@H](O)[C@@H]1c1ccc(OC)cc1. The van der Waals surface area contributed by atoms with E-state index in [9.17, 15) is 9.90 Å². The van der Waals surface area contributed by atoms with Crippen LogP contribution in [0.25, 0.3) is 0 Å². The molecular formula is C14H19NO4. The van der Waals surface area contributed by atoms with Gasteiger partial charge in [0.25, 0.3) is 0 Å². The Bertz CT molecular complexity index is 432. The third-order valence-electron chi connectivity index (χ3n) is 3.47. The Morgan fingerprint density at radius 3 is 2.58 bits per heavy atom. The Kier molecular flexibility index (Phi) is 4.27. The highest BCUT2D eigenvalue weighted by Gasteiger charge is 2.34. The molecule has 0 bridgehead atoms. The number of methoxy groups -OCH3 is 2. The standard InChI is InChI=1S/C14H19NO4/c1-18-11-7-5-10(6-8-11)13-12(16)4-3-9-15(13)14(17)19-2/h5-8,12-13,16H,3-4,9H2,1-2H3/t12-,13-/m0/s1. The van der Waals surface area contributed by atoms with Gasteiger partial charge in [0.05, 0.1) is 26.4 Å². The molecule has 0 aromatic heterocycles. The van der Waals surface area contributed by atoms with Crippen molar-refractivity contribution in [1.29, 1.82) is 0 Å². The molecule has 1 N–H and O–H groups in total. The van der Waals surface area contributed by atoms with Crippen molar-refractivity contribution < 1.29 is 19.4 Å². The number of ether oxygens (including phenoxy) is 2. The Labute approximate surface area is 112 Å². The van der Waals surface area contributed by atoms with Crippen LogP contribution in [0.15, 0.2) is 24.3 Å². The third kappa shape index (κ3) is 2.81. The maximum Gasteiger partial charge on any atom is 0.410 e. The minimum Gasteiger partial charge on any atom is -0.497 e. The second-order valence-electron chi connectivity index (χ2n) is 4.59. The second-order valence-corrected chi connectivity index (χ2v) is 4.59. The lowest BCUT2D eigenvalue weighted by atomic mass is 9.93. The predicted molar refractivity (Wildman–Crippen MR) is 70.1 cm³/mol. The summed E-state index contributed by atoms with van der Waals surface area (Å²) in [4.78, 5) is 13.4. The van der Waals surface area contributed by atoms with Gasteiger partial charge in [0.2, 0.25) is 0 Å². The van der Waals surface area contributed by atoms with Crippen LogP contribution in [0, 0.1) is 0 Å². The summed E-state index contributed by atoms with van der Waals surface area (Å²) in [6.07, 6.45) is 0.494. The number of rotatable bonds is 2. The van der Waals surface area contributed by atoms with E-state index in [1.807, 2.05) is 24.3 Å². The molecule has 1 aliphatic rings. The van der Waals surface area contributed by atoms with Gasteiger partial charge in [-0.3, -0.25) is 4.90 Å². The molecule has 0 unspecified atom stereocenters. The number of carbonyl (C=O) groups excluding carboxylic acids is 1. The fraction of sp³-hybridized carbons (Fsp3) is 0.500. The smallest absolute Gasteiger partial charge is 0.410 e. The van der Waals surface area contributed by atoms with Crippen molar-refractivity contribution in [2.24, 2.45) is 0 Å². The third-order valence-corrected chi connectivity index (χ3v) is 3.47. The molecule has 104 valence electrons. The van der Waals surface area contributed by atoms with E-state index in [1.54, 1.807) is 12.0 Å². The van der Waals surface area contributed by atoms with Crippen LogP contribution in [0.3, 0.4) is 0 Å². The summed E-state index contributed by atoms with van der Waals surface area (Å²) in [5.41, 5.74) is 0.887. The van der Waals surface area contributed by atoms with Crippen LogP contribution in [0.4, 0.5) is 4.79 Å². The first-order valence-corrected chi connectivity index (χ1v) is 6.34. The highest BCUT2D eigenvalue weighted by Crippen LogP contribution is 2.32. The minimum atomic E-state index is -0.568. The monoisotopic (exact) mass is 265 g/mol. The zero-order chi connectivity index (χ0) is 13.8. The van der Waals surface area contributed by atoms with Crippen molar-refractivity contribution in [2.45, 2.75) is 25.0 Å². The van der Waals surface area contributed by atoms with Crippen LogP contribution < -0.4 is 4.74 Å². The van der Waals surface area contributed by atoms with Gasteiger partial charge in [-0.2, -0.15) is 0 Å². The highest BCUT2D eigenvalue weighted by atomic mass is 16.5. The van der Waals surface area contributed by atoms with Gasteiger partial charge in [-0.05, 0) is 30.5 Å². The van der Waals surface area contributed by atoms with Crippen LogP contribution in [0.2, 0.25) is 0 Å². The number of hydrogen-bond acceptors (Lipinski definition) is 4. The molecule has 1 aromatic rings. The zero-order valence-corrected chi connectivity index (χ0v) is 11.2. The van der Waals surface area contributed by atoms with Gasteiger partial charge in [-0.1, -0.05) is 12.1 Å². The number of amides is 1. The summed E-state index contributed by atoms with van der Waals surface area (Å²) in [5, 5.41) is 10.2. The summed E-state index contributed by atoms with van der Waals surface area (Å²) in [7, 11) is 2.96. The van der Waals surface area contributed by atoms with Crippen molar-refractivity contribution in [2.75, 3.05) is 20.8 Å². The molecule has 2 atom stereocenters. The number of benzene rings is 1. The topological polar surface area (TPSA) is 59.0 Å². The number of likely N-dealkylation sites (tertiary alicyclic amines) is 1. The fourth-order valence-electron chi connectivity index (χ4n) is 2.50. The molecule has 5 nitrogen and oxygen atoms in total. The molecule has 19 heavy (non-hydrogen) atoms. The van der Waals surface area contributed by atoms with Crippen molar-refractivity contribution in [3.05, 3.63) is 29.8 Å². The lowest BCUT2D eigenvalue weighted by Gasteiger charge is -2.38. The number of piperidine rings is 1. The van der Waals surface area contributed by atoms with E-state index in [-0.39, 0.29) is 6.04 Å². The Hall–Kier alpha value is -1.75. The lowest BCUT2D eigenvalue weighted by molar-refractivity contribution is 0.00990. The van der Waals surface area contributed by atoms with E-state index in [2.05, 4.69) is 0 Å². The fourth-order valence-corrected chi connectivity index (χ4v) is 2.50. The summed E-state index contributed by atoms with van der Waals surface area (Å²) in [5.74, 6) is 0.749. The van der Waals surface area contributed by atoms with Crippen molar-refractivity contribution in [3.8, 4) is 5.75 Å². The molecule has 1 fully saturated rings.